The predicted molar refractivity (Wildman–Crippen MR) is 82.1 cm³/mol. The van der Waals surface area contributed by atoms with E-state index in [0.717, 1.165) is 0 Å². The van der Waals surface area contributed by atoms with Gasteiger partial charge in [0.2, 0.25) is 0 Å². The second kappa shape index (κ2) is 5.07. The second-order valence-electron chi connectivity index (χ2n) is 5.00. The molecule has 2 heteroatoms. The zero-order valence-corrected chi connectivity index (χ0v) is 13.2. The van der Waals surface area contributed by atoms with Gasteiger partial charge in [-0.15, -0.1) is 22.9 Å². The van der Waals surface area contributed by atoms with Gasteiger partial charge in [-0.3, -0.25) is 0 Å². The van der Waals surface area contributed by atoms with Gasteiger partial charge in [0.1, 0.15) is 0 Å². The van der Waals surface area contributed by atoms with Crippen LogP contribution in [-0.2, 0) is 0 Å². The average molecular weight is 279 g/mol. The molecule has 0 bridgehead atoms. The first kappa shape index (κ1) is 13.6. The van der Waals surface area contributed by atoms with Crippen molar-refractivity contribution in [2.75, 3.05) is 0 Å². The maximum absolute atomic E-state index is 6.74. The van der Waals surface area contributed by atoms with Gasteiger partial charge in [-0.25, -0.2) is 0 Å². The van der Waals surface area contributed by atoms with Crippen LogP contribution < -0.4 is 0 Å². The highest BCUT2D eigenvalue weighted by atomic mass is 35.5. The van der Waals surface area contributed by atoms with E-state index in [0.29, 0.717) is 0 Å². The SMILES string of the molecule is Cc1ccsc1C(Cl)c1c(C)c(C)cc(C)c1C. The first-order valence-electron chi connectivity index (χ1n) is 6.18. The summed E-state index contributed by atoms with van der Waals surface area (Å²) in [6.45, 7) is 10.8. The van der Waals surface area contributed by atoms with Crippen LogP contribution in [0.3, 0.4) is 0 Å². The summed E-state index contributed by atoms with van der Waals surface area (Å²) in [7, 11) is 0. The molecule has 96 valence electrons. The third-order valence-electron chi connectivity index (χ3n) is 3.81. The van der Waals surface area contributed by atoms with Crippen LogP contribution in [0.1, 0.15) is 43.6 Å². The van der Waals surface area contributed by atoms with E-state index in [9.17, 15) is 0 Å². The number of benzene rings is 1. The van der Waals surface area contributed by atoms with Crippen LogP contribution in [0.15, 0.2) is 17.5 Å². The average Bonchev–Trinajstić information content (AvgIpc) is 2.73. The van der Waals surface area contributed by atoms with Crippen molar-refractivity contribution in [3.63, 3.8) is 0 Å². The molecule has 0 aliphatic rings. The topological polar surface area (TPSA) is 0 Å². The van der Waals surface area contributed by atoms with Gasteiger partial charge in [0.05, 0.1) is 5.38 Å². The molecule has 0 aliphatic heterocycles. The molecule has 2 rings (SSSR count). The van der Waals surface area contributed by atoms with Gasteiger partial charge in [-0.1, -0.05) is 6.07 Å². The Morgan fingerprint density at radius 1 is 0.944 bits per heavy atom. The second-order valence-corrected chi connectivity index (χ2v) is 6.39. The normalized spacial score (nSPS) is 12.8. The molecule has 0 amide bonds. The molecular weight excluding hydrogens is 260 g/mol. The lowest BCUT2D eigenvalue weighted by Crippen LogP contribution is -2.03. The lowest BCUT2D eigenvalue weighted by molar-refractivity contribution is 1.06. The number of alkyl halides is 1. The molecule has 1 unspecified atom stereocenters. The van der Waals surface area contributed by atoms with Crippen LogP contribution in [0.25, 0.3) is 0 Å². The number of aryl methyl sites for hydroxylation is 3. The van der Waals surface area contributed by atoms with E-state index in [-0.39, 0.29) is 5.38 Å². The molecular formula is C16H19ClS. The summed E-state index contributed by atoms with van der Waals surface area (Å²) < 4.78 is 0. The summed E-state index contributed by atoms with van der Waals surface area (Å²) >= 11 is 8.49. The first-order valence-corrected chi connectivity index (χ1v) is 7.50. The third kappa shape index (κ3) is 2.22. The number of hydrogen-bond donors (Lipinski definition) is 0. The molecule has 0 saturated carbocycles. The number of rotatable bonds is 2. The fourth-order valence-corrected chi connectivity index (χ4v) is 3.97. The molecule has 1 heterocycles. The predicted octanol–water partition coefficient (Wildman–Crippen LogP) is 5.62. The van der Waals surface area contributed by atoms with Gasteiger partial charge in [0, 0.05) is 4.88 Å². The fourth-order valence-electron chi connectivity index (χ4n) is 2.40. The maximum atomic E-state index is 6.74. The first-order chi connectivity index (χ1) is 8.43. The van der Waals surface area contributed by atoms with Crippen molar-refractivity contribution >= 4 is 22.9 Å². The van der Waals surface area contributed by atoms with Crippen LogP contribution in [0.4, 0.5) is 0 Å². The molecule has 18 heavy (non-hydrogen) atoms. The summed E-state index contributed by atoms with van der Waals surface area (Å²) in [4.78, 5) is 1.27. The van der Waals surface area contributed by atoms with Crippen molar-refractivity contribution in [1.82, 2.24) is 0 Å². The summed E-state index contributed by atoms with van der Waals surface area (Å²) in [6, 6.07) is 4.39. The van der Waals surface area contributed by atoms with E-state index < -0.39 is 0 Å². The Morgan fingerprint density at radius 3 is 1.94 bits per heavy atom. The quantitative estimate of drug-likeness (QED) is 0.626. The highest BCUT2D eigenvalue weighted by Gasteiger charge is 2.20. The van der Waals surface area contributed by atoms with Crippen molar-refractivity contribution in [2.24, 2.45) is 0 Å². The molecule has 0 radical (unpaired) electrons. The number of halogens is 1. The van der Waals surface area contributed by atoms with Crippen molar-refractivity contribution in [3.05, 3.63) is 55.8 Å². The van der Waals surface area contributed by atoms with Crippen LogP contribution in [0.2, 0.25) is 0 Å². The van der Waals surface area contributed by atoms with Crippen LogP contribution in [0.5, 0.6) is 0 Å². The largest absolute Gasteiger partial charge is 0.147 e. The van der Waals surface area contributed by atoms with Gasteiger partial charge >= 0.3 is 0 Å². The minimum atomic E-state index is -0.0244. The monoisotopic (exact) mass is 278 g/mol. The minimum Gasteiger partial charge on any atom is -0.147 e. The summed E-state index contributed by atoms with van der Waals surface area (Å²) in [5.41, 5.74) is 7.88. The van der Waals surface area contributed by atoms with E-state index in [1.54, 1.807) is 11.3 Å². The van der Waals surface area contributed by atoms with Crippen molar-refractivity contribution in [3.8, 4) is 0 Å². The molecule has 0 spiro atoms. The molecule has 0 nitrogen and oxygen atoms in total. The molecule has 0 fully saturated rings. The lowest BCUT2D eigenvalue weighted by atomic mass is 9.91. The smallest absolute Gasteiger partial charge is 0.0935 e. The lowest BCUT2D eigenvalue weighted by Gasteiger charge is -2.19. The van der Waals surface area contributed by atoms with Gasteiger partial charge in [-0.2, -0.15) is 0 Å². The molecule has 2 aromatic rings. The van der Waals surface area contributed by atoms with Crippen LogP contribution in [0, 0.1) is 34.6 Å². The number of hydrogen-bond acceptors (Lipinski definition) is 1. The Kier molecular flexibility index (Phi) is 3.84. The zero-order chi connectivity index (χ0) is 13.4. The highest BCUT2D eigenvalue weighted by molar-refractivity contribution is 7.10. The Bertz CT molecular complexity index is 555. The molecule has 0 N–H and O–H groups in total. The fraction of sp³-hybridized carbons (Fsp3) is 0.375. The maximum Gasteiger partial charge on any atom is 0.0935 e. The summed E-state index contributed by atoms with van der Waals surface area (Å²) in [5.74, 6) is 0. The van der Waals surface area contributed by atoms with Gasteiger partial charge in [0.15, 0.2) is 0 Å². The highest BCUT2D eigenvalue weighted by Crippen LogP contribution is 2.39. The molecule has 1 aromatic carbocycles. The molecule has 1 atom stereocenters. The van der Waals surface area contributed by atoms with E-state index in [4.69, 9.17) is 11.6 Å². The minimum absolute atomic E-state index is 0.0244. The van der Waals surface area contributed by atoms with Crippen molar-refractivity contribution in [1.29, 1.82) is 0 Å². The van der Waals surface area contributed by atoms with Gasteiger partial charge in [-0.05, 0) is 79.4 Å². The number of thiophene rings is 1. The van der Waals surface area contributed by atoms with Crippen LogP contribution >= 0.6 is 22.9 Å². The molecule has 0 aliphatic carbocycles. The zero-order valence-electron chi connectivity index (χ0n) is 11.6. The summed E-state index contributed by atoms with van der Waals surface area (Å²) in [6.07, 6.45) is 0. The Balaban J connectivity index is 2.61. The summed E-state index contributed by atoms with van der Waals surface area (Å²) in [5, 5.41) is 2.09. The Morgan fingerprint density at radius 2 is 1.50 bits per heavy atom. The molecule has 1 aromatic heterocycles. The van der Waals surface area contributed by atoms with Crippen LogP contribution in [-0.4, -0.2) is 0 Å². The van der Waals surface area contributed by atoms with E-state index >= 15 is 0 Å². The van der Waals surface area contributed by atoms with Gasteiger partial charge < -0.3 is 0 Å². The third-order valence-corrected chi connectivity index (χ3v) is 5.46. The van der Waals surface area contributed by atoms with E-state index in [1.807, 2.05) is 0 Å². The van der Waals surface area contributed by atoms with E-state index in [2.05, 4.69) is 52.1 Å². The van der Waals surface area contributed by atoms with Gasteiger partial charge in [0.25, 0.3) is 0 Å². The Hall–Kier alpha value is -0.790. The molecule has 0 saturated heterocycles. The Labute approximate surface area is 119 Å². The van der Waals surface area contributed by atoms with Crippen molar-refractivity contribution in [2.45, 2.75) is 40.0 Å². The van der Waals surface area contributed by atoms with E-state index in [1.165, 1.54) is 38.3 Å². The van der Waals surface area contributed by atoms with Crippen molar-refractivity contribution < 1.29 is 0 Å². The standard InChI is InChI=1S/C16H19ClS/c1-9-6-7-18-16(9)15(17)14-12(4)10(2)8-11(3)13(14)5/h6-8,15H,1-5H3.